The van der Waals surface area contributed by atoms with Crippen LogP contribution in [0.25, 0.3) is 0 Å². The van der Waals surface area contributed by atoms with Crippen molar-refractivity contribution >= 4 is 5.69 Å². The molecule has 4 heteroatoms. The van der Waals surface area contributed by atoms with E-state index in [2.05, 4.69) is 16.3 Å². The number of rotatable bonds is 2. The highest BCUT2D eigenvalue weighted by Crippen LogP contribution is 2.29. The molecule has 1 heterocycles. The Kier molecular flexibility index (Phi) is 3.50. The maximum Gasteiger partial charge on any atom is 0.120 e. The largest absolute Gasteiger partial charge is 0.497 e. The number of ether oxygens (including phenoxy) is 1. The Hall–Kier alpha value is -1.73. The van der Waals surface area contributed by atoms with Gasteiger partial charge in [0, 0.05) is 26.2 Å². The Morgan fingerprint density at radius 3 is 2.65 bits per heavy atom. The summed E-state index contributed by atoms with van der Waals surface area (Å²) in [5.74, 6) is 0.748. The number of nitrogens with one attached hydrogen (secondary N) is 1. The quantitative estimate of drug-likeness (QED) is 0.833. The molecule has 1 fully saturated rings. The summed E-state index contributed by atoms with van der Waals surface area (Å²) in [4.78, 5) is 2.27. The van der Waals surface area contributed by atoms with Crippen LogP contribution in [0.5, 0.6) is 5.75 Å². The first kappa shape index (κ1) is 11.7. The summed E-state index contributed by atoms with van der Waals surface area (Å²) < 4.78 is 5.20. The molecule has 0 saturated carbocycles. The number of hydrogen-bond acceptors (Lipinski definition) is 4. The molecule has 90 valence electrons. The fraction of sp³-hybridized carbons (Fsp3) is 0.462. The second-order valence-corrected chi connectivity index (χ2v) is 4.19. The van der Waals surface area contributed by atoms with Crippen LogP contribution in [-0.2, 0) is 0 Å². The van der Waals surface area contributed by atoms with E-state index in [1.165, 1.54) is 0 Å². The van der Waals surface area contributed by atoms with Crippen LogP contribution in [0.3, 0.4) is 0 Å². The van der Waals surface area contributed by atoms with Crippen molar-refractivity contribution in [1.82, 2.24) is 5.32 Å². The second-order valence-electron chi connectivity index (χ2n) is 4.19. The van der Waals surface area contributed by atoms with E-state index in [1.54, 1.807) is 7.11 Å². The van der Waals surface area contributed by atoms with Crippen LogP contribution < -0.4 is 15.0 Å². The number of methoxy groups -OCH3 is 1. The van der Waals surface area contributed by atoms with Crippen LogP contribution in [0.1, 0.15) is 11.1 Å². The summed E-state index contributed by atoms with van der Waals surface area (Å²) in [6.45, 7) is 5.86. The third-order valence-corrected chi connectivity index (χ3v) is 3.06. The molecule has 17 heavy (non-hydrogen) atoms. The van der Waals surface area contributed by atoms with Gasteiger partial charge in [-0.3, -0.25) is 0 Å². The van der Waals surface area contributed by atoms with Gasteiger partial charge in [-0.15, -0.1) is 0 Å². The van der Waals surface area contributed by atoms with Gasteiger partial charge in [0.25, 0.3) is 0 Å². The SMILES string of the molecule is COc1cc(C)c(N2CCNCC2)c(C#N)c1. The highest BCUT2D eigenvalue weighted by molar-refractivity contribution is 5.66. The Morgan fingerprint density at radius 2 is 2.06 bits per heavy atom. The molecule has 2 rings (SSSR count). The third-order valence-electron chi connectivity index (χ3n) is 3.06. The number of nitrogens with zero attached hydrogens (tertiary/aromatic N) is 2. The summed E-state index contributed by atoms with van der Waals surface area (Å²) in [6.07, 6.45) is 0. The van der Waals surface area contributed by atoms with E-state index in [0.29, 0.717) is 5.56 Å². The standard InChI is InChI=1S/C13H17N3O/c1-10-7-12(17-2)8-11(9-14)13(10)16-5-3-15-4-6-16/h7-8,15H,3-6H2,1-2H3. The van der Waals surface area contributed by atoms with E-state index < -0.39 is 0 Å². The molecule has 1 N–H and O–H groups in total. The van der Waals surface area contributed by atoms with Gasteiger partial charge in [0.15, 0.2) is 0 Å². The van der Waals surface area contributed by atoms with E-state index in [4.69, 9.17) is 4.74 Å². The molecular formula is C13H17N3O. The smallest absolute Gasteiger partial charge is 0.120 e. The number of piperazine rings is 1. The summed E-state index contributed by atoms with van der Waals surface area (Å²) in [5.41, 5.74) is 2.85. The van der Waals surface area contributed by atoms with Crippen molar-refractivity contribution in [2.24, 2.45) is 0 Å². The van der Waals surface area contributed by atoms with Crippen LogP contribution in [0.4, 0.5) is 5.69 Å². The van der Waals surface area contributed by atoms with Gasteiger partial charge in [-0.1, -0.05) is 0 Å². The van der Waals surface area contributed by atoms with Gasteiger partial charge in [0.1, 0.15) is 11.8 Å². The first-order valence-electron chi connectivity index (χ1n) is 5.80. The van der Waals surface area contributed by atoms with Gasteiger partial charge in [0.2, 0.25) is 0 Å². The normalized spacial score (nSPS) is 15.5. The number of benzene rings is 1. The molecule has 0 amide bonds. The molecule has 0 aliphatic carbocycles. The van der Waals surface area contributed by atoms with Crippen LogP contribution in [-0.4, -0.2) is 33.3 Å². The minimum atomic E-state index is 0.698. The van der Waals surface area contributed by atoms with Crippen LogP contribution in [0.15, 0.2) is 12.1 Å². The molecule has 0 bridgehead atoms. The second kappa shape index (κ2) is 5.07. The lowest BCUT2D eigenvalue weighted by Gasteiger charge is -2.31. The first-order chi connectivity index (χ1) is 8.26. The molecule has 0 unspecified atom stereocenters. The topological polar surface area (TPSA) is 48.3 Å². The van der Waals surface area contributed by atoms with E-state index in [1.807, 2.05) is 19.1 Å². The molecule has 0 radical (unpaired) electrons. The summed E-state index contributed by atoms with van der Waals surface area (Å²) >= 11 is 0. The van der Waals surface area contributed by atoms with Crippen molar-refractivity contribution in [3.05, 3.63) is 23.3 Å². The number of nitriles is 1. The molecule has 1 saturated heterocycles. The molecule has 0 atom stereocenters. The van der Waals surface area contributed by atoms with Crippen molar-refractivity contribution in [2.75, 3.05) is 38.2 Å². The predicted octanol–water partition coefficient (Wildman–Crippen LogP) is 1.28. The summed E-state index contributed by atoms with van der Waals surface area (Å²) in [7, 11) is 1.63. The van der Waals surface area contributed by atoms with E-state index >= 15 is 0 Å². The molecule has 4 nitrogen and oxygen atoms in total. The highest BCUT2D eigenvalue weighted by Gasteiger charge is 2.17. The molecule has 0 spiro atoms. The van der Waals surface area contributed by atoms with Gasteiger partial charge >= 0.3 is 0 Å². The maximum atomic E-state index is 9.25. The zero-order chi connectivity index (χ0) is 12.3. The lowest BCUT2D eigenvalue weighted by Crippen LogP contribution is -2.44. The highest BCUT2D eigenvalue weighted by atomic mass is 16.5. The minimum absolute atomic E-state index is 0.698. The van der Waals surface area contributed by atoms with Gasteiger partial charge in [-0.2, -0.15) is 5.26 Å². The van der Waals surface area contributed by atoms with Crippen molar-refractivity contribution in [1.29, 1.82) is 5.26 Å². The van der Waals surface area contributed by atoms with Crippen molar-refractivity contribution in [2.45, 2.75) is 6.92 Å². The zero-order valence-electron chi connectivity index (χ0n) is 10.3. The van der Waals surface area contributed by atoms with Crippen molar-refractivity contribution in [3.8, 4) is 11.8 Å². The Bertz CT molecular complexity index is 445. The lowest BCUT2D eigenvalue weighted by molar-refractivity contribution is 0.414. The van der Waals surface area contributed by atoms with Gasteiger partial charge in [-0.05, 0) is 24.6 Å². The van der Waals surface area contributed by atoms with E-state index in [9.17, 15) is 5.26 Å². The van der Waals surface area contributed by atoms with Crippen LogP contribution in [0, 0.1) is 18.3 Å². The average molecular weight is 231 g/mol. The van der Waals surface area contributed by atoms with Gasteiger partial charge < -0.3 is 15.0 Å². The Balaban J connectivity index is 2.41. The fourth-order valence-electron chi connectivity index (χ4n) is 2.26. The predicted molar refractivity (Wildman–Crippen MR) is 67.5 cm³/mol. The average Bonchev–Trinajstić information content (AvgIpc) is 2.38. The van der Waals surface area contributed by atoms with Crippen LogP contribution >= 0.6 is 0 Å². The van der Waals surface area contributed by atoms with E-state index in [0.717, 1.165) is 43.2 Å². The molecule has 0 aromatic heterocycles. The Morgan fingerprint density at radius 1 is 1.35 bits per heavy atom. The third kappa shape index (κ3) is 2.34. The molecule has 1 aliphatic rings. The summed E-state index contributed by atoms with van der Waals surface area (Å²) in [5, 5.41) is 12.6. The summed E-state index contributed by atoms with van der Waals surface area (Å²) in [6, 6.07) is 6.06. The monoisotopic (exact) mass is 231 g/mol. The maximum absolute atomic E-state index is 9.25. The number of hydrogen-bond donors (Lipinski definition) is 1. The fourth-order valence-corrected chi connectivity index (χ4v) is 2.26. The van der Waals surface area contributed by atoms with Crippen molar-refractivity contribution in [3.63, 3.8) is 0 Å². The van der Waals surface area contributed by atoms with E-state index in [-0.39, 0.29) is 0 Å². The minimum Gasteiger partial charge on any atom is -0.497 e. The first-order valence-corrected chi connectivity index (χ1v) is 5.80. The molecule has 1 aromatic carbocycles. The lowest BCUT2D eigenvalue weighted by atomic mass is 10.1. The van der Waals surface area contributed by atoms with Gasteiger partial charge in [-0.25, -0.2) is 0 Å². The molecule has 1 aromatic rings. The van der Waals surface area contributed by atoms with Crippen LogP contribution in [0.2, 0.25) is 0 Å². The zero-order valence-corrected chi connectivity index (χ0v) is 10.3. The molecular weight excluding hydrogens is 214 g/mol. The van der Waals surface area contributed by atoms with Crippen molar-refractivity contribution < 1.29 is 4.74 Å². The number of aryl methyl sites for hydroxylation is 1. The number of anilines is 1. The van der Waals surface area contributed by atoms with Gasteiger partial charge in [0.05, 0.1) is 18.4 Å². The Labute approximate surface area is 102 Å². The molecule has 1 aliphatic heterocycles.